The number of hydrogen-bond donors (Lipinski definition) is 0. The topological polar surface area (TPSA) is 24.8 Å². The molecule has 1 unspecified atom stereocenters. The molecule has 1 aromatic rings. The van der Waals surface area contributed by atoms with Gasteiger partial charge in [0.15, 0.2) is 0 Å². The second-order valence-corrected chi connectivity index (χ2v) is 3.43. The van der Waals surface area contributed by atoms with E-state index in [1.165, 1.54) is 5.06 Å². The zero-order valence-corrected chi connectivity index (χ0v) is 8.74. The molecule has 0 N–H and O–H groups in total. The highest BCUT2D eigenvalue weighted by Crippen LogP contribution is 2.29. The van der Waals surface area contributed by atoms with Crippen LogP contribution < -0.4 is 0 Å². The zero-order chi connectivity index (χ0) is 9.97. The number of hydroxylamine groups is 2. The first-order valence-corrected chi connectivity index (χ1v) is 4.99. The molecule has 1 aromatic carbocycles. The Hall–Kier alpha value is -0.770. The third-order valence-corrected chi connectivity index (χ3v) is 2.43. The molecule has 3 nitrogen and oxygen atoms in total. The summed E-state index contributed by atoms with van der Waals surface area (Å²) in [5.41, 5.74) is 0.845. The molecule has 1 atom stereocenters. The number of rotatable bonds is 2. The molecule has 0 aliphatic carbocycles. The Bertz CT molecular complexity index is 356. The third-order valence-electron chi connectivity index (χ3n) is 1.86. The molecular formula is C9H8Cl2N2O. The van der Waals surface area contributed by atoms with E-state index in [-0.39, 0.29) is 12.2 Å². The summed E-state index contributed by atoms with van der Waals surface area (Å²) in [4.78, 5) is 9.50. The molecule has 1 aliphatic heterocycles. The van der Waals surface area contributed by atoms with Crippen LogP contribution in [0.25, 0.3) is 0 Å². The number of alkyl halides is 1. The van der Waals surface area contributed by atoms with Crippen LogP contribution in [-0.2, 0) is 4.84 Å². The van der Waals surface area contributed by atoms with Crippen molar-refractivity contribution in [1.29, 1.82) is 0 Å². The first kappa shape index (κ1) is 9.77. The molecule has 0 spiro atoms. The van der Waals surface area contributed by atoms with Gasteiger partial charge in [-0.2, -0.15) is 0 Å². The van der Waals surface area contributed by atoms with Gasteiger partial charge < -0.3 is 0 Å². The number of aliphatic imine (C=N–C) groups is 1. The van der Waals surface area contributed by atoms with Gasteiger partial charge in [-0.1, -0.05) is 29.8 Å². The van der Waals surface area contributed by atoms with Crippen molar-refractivity contribution < 1.29 is 4.84 Å². The van der Waals surface area contributed by atoms with Crippen LogP contribution in [0.1, 0.15) is 11.8 Å². The van der Waals surface area contributed by atoms with Crippen molar-refractivity contribution in [2.24, 2.45) is 4.99 Å². The van der Waals surface area contributed by atoms with Gasteiger partial charge in [-0.25, -0.2) is 14.9 Å². The Kier molecular flexibility index (Phi) is 2.91. The van der Waals surface area contributed by atoms with E-state index >= 15 is 0 Å². The van der Waals surface area contributed by atoms with Gasteiger partial charge in [-0.15, -0.1) is 11.6 Å². The lowest BCUT2D eigenvalue weighted by Crippen LogP contribution is -2.15. The van der Waals surface area contributed by atoms with Crippen LogP contribution >= 0.6 is 23.2 Å². The van der Waals surface area contributed by atoms with Crippen LogP contribution in [0.15, 0.2) is 29.3 Å². The summed E-state index contributed by atoms with van der Waals surface area (Å²) in [5, 5.41) is 2.10. The zero-order valence-electron chi connectivity index (χ0n) is 7.23. The summed E-state index contributed by atoms with van der Waals surface area (Å²) < 4.78 is 0. The minimum absolute atomic E-state index is 0.254. The molecule has 1 heterocycles. The van der Waals surface area contributed by atoms with Crippen molar-refractivity contribution in [3.05, 3.63) is 34.9 Å². The standard InChI is InChI=1S/C9H8Cl2N2O/c10-5-13-6-12-9(14-13)7-3-1-2-4-8(7)11/h1-4,6,9H,5H2. The smallest absolute Gasteiger partial charge is 0.203 e. The summed E-state index contributed by atoms with van der Waals surface area (Å²) >= 11 is 11.6. The van der Waals surface area contributed by atoms with Crippen LogP contribution in [0.3, 0.4) is 0 Å². The molecule has 0 radical (unpaired) electrons. The SMILES string of the molecule is ClCN1C=NC(c2ccccc2Cl)O1. The lowest BCUT2D eigenvalue weighted by Gasteiger charge is -2.13. The molecule has 2 rings (SSSR count). The van der Waals surface area contributed by atoms with Crippen LogP contribution in [-0.4, -0.2) is 17.4 Å². The van der Waals surface area contributed by atoms with E-state index in [0.717, 1.165) is 5.56 Å². The van der Waals surface area contributed by atoms with Crippen molar-refractivity contribution in [3.8, 4) is 0 Å². The molecule has 1 aliphatic rings. The van der Waals surface area contributed by atoms with Gasteiger partial charge in [0.2, 0.25) is 6.23 Å². The summed E-state index contributed by atoms with van der Waals surface area (Å²) in [7, 11) is 0. The van der Waals surface area contributed by atoms with E-state index in [1.54, 1.807) is 12.4 Å². The second kappa shape index (κ2) is 4.17. The molecule has 0 saturated carbocycles. The van der Waals surface area contributed by atoms with Gasteiger partial charge in [0.1, 0.15) is 12.3 Å². The highest BCUT2D eigenvalue weighted by atomic mass is 35.5. The van der Waals surface area contributed by atoms with Crippen LogP contribution in [0, 0.1) is 0 Å². The Morgan fingerprint density at radius 1 is 1.43 bits per heavy atom. The van der Waals surface area contributed by atoms with Gasteiger partial charge in [0, 0.05) is 10.6 Å². The predicted octanol–water partition coefficient (Wildman–Crippen LogP) is 2.81. The van der Waals surface area contributed by atoms with E-state index in [2.05, 4.69) is 4.99 Å². The van der Waals surface area contributed by atoms with E-state index in [1.807, 2.05) is 18.2 Å². The molecule has 0 fully saturated rings. The minimum atomic E-state index is -0.373. The number of halogens is 2. The lowest BCUT2D eigenvalue weighted by molar-refractivity contribution is -0.109. The van der Waals surface area contributed by atoms with Crippen molar-refractivity contribution in [2.75, 3.05) is 6.00 Å². The molecule has 0 aromatic heterocycles. The molecule has 74 valence electrons. The summed E-state index contributed by atoms with van der Waals surface area (Å²) in [6.07, 6.45) is 1.18. The van der Waals surface area contributed by atoms with Crippen LogP contribution in [0.2, 0.25) is 5.02 Å². The van der Waals surface area contributed by atoms with Crippen molar-refractivity contribution >= 4 is 29.5 Å². The van der Waals surface area contributed by atoms with Gasteiger partial charge in [-0.3, -0.25) is 0 Å². The Morgan fingerprint density at radius 2 is 2.21 bits per heavy atom. The summed E-state index contributed by atoms with van der Waals surface area (Å²) in [6, 6.07) is 7.69. The average Bonchev–Trinajstić information content (AvgIpc) is 2.67. The summed E-state index contributed by atoms with van der Waals surface area (Å²) in [6.45, 7) is 0. The molecule has 0 saturated heterocycles. The number of nitrogens with zero attached hydrogens (tertiary/aromatic N) is 2. The average molecular weight is 231 g/mol. The fraction of sp³-hybridized carbons (Fsp3) is 0.222. The normalized spacial score (nSPS) is 20.4. The highest BCUT2D eigenvalue weighted by Gasteiger charge is 2.21. The second-order valence-electron chi connectivity index (χ2n) is 2.78. The largest absolute Gasteiger partial charge is 0.239 e. The minimum Gasteiger partial charge on any atom is -0.239 e. The van der Waals surface area contributed by atoms with Gasteiger partial charge >= 0.3 is 0 Å². The van der Waals surface area contributed by atoms with E-state index in [9.17, 15) is 0 Å². The molecule has 14 heavy (non-hydrogen) atoms. The Morgan fingerprint density at radius 3 is 2.86 bits per heavy atom. The third kappa shape index (κ3) is 1.85. The van der Waals surface area contributed by atoms with Crippen molar-refractivity contribution in [3.63, 3.8) is 0 Å². The first-order chi connectivity index (χ1) is 6.81. The van der Waals surface area contributed by atoms with E-state index in [4.69, 9.17) is 28.0 Å². The summed E-state index contributed by atoms with van der Waals surface area (Å²) in [5.74, 6) is 0. The van der Waals surface area contributed by atoms with Gasteiger partial charge in [0.25, 0.3) is 0 Å². The Balaban J connectivity index is 2.18. The molecular weight excluding hydrogens is 223 g/mol. The number of benzene rings is 1. The van der Waals surface area contributed by atoms with Crippen molar-refractivity contribution in [2.45, 2.75) is 6.23 Å². The van der Waals surface area contributed by atoms with Crippen molar-refractivity contribution in [1.82, 2.24) is 5.06 Å². The molecule has 0 bridgehead atoms. The quantitative estimate of drug-likeness (QED) is 0.577. The van der Waals surface area contributed by atoms with Crippen LogP contribution in [0.5, 0.6) is 0 Å². The first-order valence-electron chi connectivity index (χ1n) is 4.08. The van der Waals surface area contributed by atoms with E-state index < -0.39 is 0 Å². The Labute approximate surface area is 91.8 Å². The fourth-order valence-electron chi connectivity index (χ4n) is 1.19. The van der Waals surface area contributed by atoms with Gasteiger partial charge in [0.05, 0.1) is 0 Å². The van der Waals surface area contributed by atoms with Crippen LogP contribution in [0.4, 0.5) is 0 Å². The van der Waals surface area contributed by atoms with Gasteiger partial charge in [-0.05, 0) is 6.07 Å². The maximum absolute atomic E-state index is 5.99. The lowest BCUT2D eigenvalue weighted by atomic mass is 10.2. The highest BCUT2D eigenvalue weighted by molar-refractivity contribution is 6.31. The maximum atomic E-state index is 5.99. The molecule has 0 amide bonds. The van der Waals surface area contributed by atoms with E-state index in [0.29, 0.717) is 5.02 Å². The maximum Gasteiger partial charge on any atom is 0.203 e. The molecule has 5 heteroatoms. The predicted molar refractivity (Wildman–Crippen MR) is 56.3 cm³/mol. The fourth-order valence-corrected chi connectivity index (χ4v) is 1.54. The number of hydrogen-bond acceptors (Lipinski definition) is 3. The monoisotopic (exact) mass is 230 g/mol.